The molecule has 0 saturated carbocycles. The minimum absolute atomic E-state index is 0.480. The average molecular weight is 371 g/mol. The van der Waals surface area contributed by atoms with Gasteiger partial charge in [0.25, 0.3) is 0 Å². The minimum atomic E-state index is 0.480. The summed E-state index contributed by atoms with van der Waals surface area (Å²) in [7, 11) is 1.64. The largest absolute Gasteiger partial charge is 0.497 e. The van der Waals surface area contributed by atoms with E-state index in [-0.39, 0.29) is 0 Å². The SMILES string of the molecule is COc1ccc(-c2ccc(N)c(N(N)Cc3ccc4ncccc4c3)n2)cc1. The molecule has 4 aromatic rings. The second-order valence-electron chi connectivity index (χ2n) is 6.50. The number of hydrogen-bond donors (Lipinski definition) is 2. The van der Waals surface area contributed by atoms with Gasteiger partial charge in [-0.3, -0.25) is 9.99 Å². The lowest BCUT2D eigenvalue weighted by Gasteiger charge is -2.20. The molecule has 0 atom stereocenters. The number of fused-ring (bicyclic) bond motifs is 1. The van der Waals surface area contributed by atoms with E-state index in [0.717, 1.165) is 33.5 Å². The van der Waals surface area contributed by atoms with Crippen LogP contribution in [0.15, 0.2) is 72.9 Å². The van der Waals surface area contributed by atoms with Crippen LogP contribution in [0.4, 0.5) is 11.5 Å². The molecular formula is C22H21N5O. The topological polar surface area (TPSA) is 90.3 Å². The fraction of sp³-hybridized carbons (Fsp3) is 0.0909. The Morgan fingerprint density at radius 2 is 1.82 bits per heavy atom. The molecule has 2 aromatic heterocycles. The highest BCUT2D eigenvalue weighted by Gasteiger charge is 2.11. The number of hydrogen-bond acceptors (Lipinski definition) is 6. The maximum atomic E-state index is 6.32. The van der Waals surface area contributed by atoms with E-state index in [1.54, 1.807) is 18.3 Å². The summed E-state index contributed by atoms with van der Waals surface area (Å²) in [5.74, 6) is 7.66. The summed E-state index contributed by atoms with van der Waals surface area (Å²) in [4.78, 5) is 9.02. The molecule has 2 heterocycles. The van der Waals surface area contributed by atoms with Gasteiger partial charge < -0.3 is 10.5 Å². The highest BCUT2D eigenvalue weighted by molar-refractivity contribution is 5.79. The summed E-state index contributed by atoms with van der Waals surface area (Å²) in [5.41, 5.74) is 10.4. The molecule has 0 radical (unpaired) electrons. The Labute approximate surface area is 163 Å². The number of methoxy groups -OCH3 is 1. The fourth-order valence-corrected chi connectivity index (χ4v) is 3.11. The second-order valence-corrected chi connectivity index (χ2v) is 6.50. The molecule has 140 valence electrons. The lowest BCUT2D eigenvalue weighted by Crippen LogP contribution is -2.31. The van der Waals surface area contributed by atoms with Crippen LogP contribution in [0.5, 0.6) is 5.75 Å². The van der Waals surface area contributed by atoms with Crippen LogP contribution in [0.2, 0.25) is 0 Å². The first-order valence-corrected chi connectivity index (χ1v) is 8.91. The van der Waals surface area contributed by atoms with E-state index in [2.05, 4.69) is 16.0 Å². The van der Waals surface area contributed by atoms with Gasteiger partial charge in [-0.05, 0) is 60.2 Å². The number of rotatable bonds is 5. The molecule has 0 unspecified atom stereocenters. The summed E-state index contributed by atoms with van der Waals surface area (Å²) in [6.45, 7) is 0.480. The molecule has 28 heavy (non-hydrogen) atoms. The molecule has 4 N–H and O–H groups in total. The molecule has 0 saturated heterocycles. The maximum absolute atomic E-state index is 6.32. The van der Waals surface area contributed by atoms with Crippen molar-refractivity contribution in [2.75, 3.05) is 17.9 Å². The lowest BCUT2D eigenvalue weighted by molar-refractivity contribution is 0.415. The molecule has 0 amide bonds. The number of hydrazine groups is 1. The van der Waals surface area contributed by atoms with Crippen molar-refractivity contribution >= 4 is 22.4 Å². The van der Waals surface area contributed by atoms with Crippen molar-refractivity contribution in [3.63, 3.8) is 0 Å². The van der Waals surface area contributed by atoms with Crippen molar-refractivity contribution in [2.24, 2.45) is 5.84 Å². The normalized spacial score (nSPS) is 10.8. The second kappa shape index (κ2) is 7.54. The van der Waals surface area contributed by atoms with Gasteiger partial charge in [0, 0.05) is 17.1 Å². The van der Waals surface area contributed by atoms with Crippen molar-refractivity contribution < 1.29 is 4.74 Å². The molecule has 4 rings (SSSR count). The molecule has 0 aliphatic heterocycles. The summed E-state index contributed by atoms with van der Waals surface area (Å²) in [6, 6.07) is 21.5. The van der Waals surface area contributed by atoms with Gasteiger partial charge in [0.15, 0.2) is 5.82 Å². The first-order valence-electron chi connectivity index (χ1n) is 8.91. The Morgan fingerprint density at radius 1 is 1.00 bits per heavy atom. The smallest absolute Gasteiger partial charge is 0.166 e. The number of nitrogens with zero attached hydrogens (tertiary/aromatic N) is 3. The van der Waals surface area contributed by atoms with Crippen molar-refractivity contribution in [3.05, 3.63) is 78.5 Å². The highest BCUT2D eigenvalue weighted by Crippen LogP contribution is 2.27. The standard InChI is InChI=1S/C22H21N5O/c1-28-18-7-5-16(6-8-18)21-11-9-19(23)22(26-21)27(24)14-15-4-10-20-17(13-15)3-2-12-25-20/h2-13H,14,23-24H2,1H3. The summed E-state index contributed by atoms with van der Waals surface area (Å²) in [6.07, 6.45) is 1.78. The predicted molar refractivity (Wildman–Crippen MR) is 113 cm³/mol. The van der Waals surface area contributed by atoms with Gasteiger partial charge in [-0.25, -0.2) is 10.8 Å². The summed E-state index contributed by atoms with van der Waals surface area (Å²) < 4.78 is 5.21. The highest BCUT2D eigenvalue weighted by atomic mass is 16.5. The quantitative estimate of drug-likeness (QED) is 0.410. The lowest BCUT2D eigenvalue weighted by atomic mass is 10.1. The Hall–Kier alpha value is -3.64. The minimum Gasteiger partial charge on any atom is -0.497 e. The van der Waals surface area contributed by atoms with Crippen LogP contribution in [0, 0.1) is 0 Å². The number of anilines is 2. The zero-order valence-electron chi connectivity index (χ0n) is 15.5. The summed E-state index contributed by atoms with van der Waals surface area (Å²) in [5, 5.41) is 2.64. The van der Waals surface area contributed by atoms with E-state index < -0.39 is 0 Å². The van der Waals surface area contributed by atoms with Crippen LogP contribution < -0.4 is 21.3 Å². The predicted octanol–water partition coefficient (Wildman–Crippen LogP) is 3.77. The Kier molecular flexibility index (Phi) is 4.78. The van der Waals surface area contributed by atoms with Crippen LogP contribution in [0.1, 0.15) is 5.56 Å². The number of nitrogens with two attached hydrogens (primary N) is 2. The Balaban J connectivity index is 1.61. The number of nitrogen functional groups attached to an aromatic ring is 1. The van der Waals surface area contributed by atoms with Gasteiger partial charge in [0.05, 0.1) is 30.6 Å². The molecule has 0 spiro atoms. The molecule has 0 aliphatic rings. The Bertz CT molecular complexity index is 1110. The van der Waals surface area contributed by atoms with E-state index in [4.69, 9.17) is 16.3 Å². The number of ether oxygens (including phenoxy) is 1. The molecule has 0 aliphatic carbocycles. The van der Waals surface area contributed by atoms with Crippen LogP contribution >= 0.6 is 0 Å². The monoisotopic (exact) mass is 371 g/mol. The molecule has 6 heteroatoms. The first kappa shape index (κ1) is 17.8. The molecule has 6 nitrogen and oxygen atoms in total. The molecule has 2 aromatic carbocycles. The summed E-state index contributed by atoms with van der Waals surface area (Å²) >= 11 is 0. The van der Waals surface area contributed by atoms with Crippen LogP contribution in [0.25, 0.3) is 22.2 Å². The van der Waals surface area contributed by atoms with Crippen molar-refractivity contribution in [1.82, 2.24) is 9.97 Å². The fourth-order valence-electron chi connectivity index (χ4n) is 3.11. The van der Waals surface area contributed by atoms with E-state index in [0.29, 0.717) is 18.1 Å². The third-order valence-corrected chi connectivity index (χ3v) is 4.58. The van der Waals surface area contributed by atoms with Crippen molar-refractivity contribution in [3.8, 4) is 17.0 Å². The first-order chi connectivity index (χ1) is 13.6. The zero-order valence-corrected chi connectivity index (χ0v) is 15.5. The average Bonchev–Trinajstić information content (AvgIpc) is 2.74. The van der Waals surface area contributed by atoms with Crippen LogP contribution in [-0.4, -0.2) is 17.1 Å². The van der Waals surface area contributed by atoms with E-state index in [1.807, 2.05) is 60.7 Å². The van der Waals surface area contributed by atoms with Crippen LogP contribution in [0.3, 0.4) is 0 Å². The molecular weight excluding hydrogens is 350 g/mol. The molecule has 0 bridgehead atoms. The third-order valence-electron chi connectivity index (χ3n) is 4.58. The van der Waals surface area contributed by atoms with E-state index in [1.165, 1.54) is 0 Å². The molecule has 0 fully saturated rings. The maximum Gasteiger partial charge on any atom is 0.166 e. The van der Waals surface area contributed by atoms with Crippen molar-refractivity contribution in [1.29, 1.82) is 0 Å². The third kappa shape index (κ3) is 3.58. The van der Waals surface area contributed by atoms with Gasteiger partial charge in [-0.1, -0.05) is 12.1 Å². The van der Waals surface area contributed by atoms with Gasteiger partial charge >= 0.3 is 0 Å². The Morgan fingerprint density at radius 3 is 2.61 bits per heavy atom. The zero-order chi connectivity index (χ0) is 19.5. The van der Waals surface area contributed by atoms with Gasteiger partial charge in [-0.2, -0.15) is 0 Å². The van der Waals surface area contributed by atoms with Gasteiger partial charge in [0.2, 0.25) is 0 Å². The van der Waals surface area contributed by atoms with Crippen molar-refractivity contribution in [2.45, 2.75) is 6.54 Å². The van der Waals surface area contributed by atoms with Crippen LogP contribution in [-0.2, 0) is 6.54 Å². The number of aromatic nitrogens is 2. The van der Waals surface area contributed by atoms with Gasteiger partial charge in [0.1, 0.15) is 5.75 Å². The number of pyridine rings is 2. The van der Waals surface area contributed by atoms with E-state index >= 15 is 0 Å². The van der Waals surface area contributed by atoms with E-state index in [9.17, 15) is 0 Å². The number of benzene rings is 2. The van der Waals surface area contributed by atoms with Gasteiger partial charge in [-0.15, -0.1) is 0 Å².